The van der Waals surface area contributed by atoms with Crippen molar-refractivity contribution in [1.29, 1.82) is 0 Å². The number of benzene rings is 1. The highest BCUT2D eigenvalue weighted by Gasteiger charge is 2.44. The number of nitro benzene ring substituents is 1. The summed E-state index contributed by atoms with van der Waals surface area (Å²) in [7, 11) is 1.31. The first-order valence-corrected chi connectivity index (χ1v) is 5.35. The van der Waals surface area contributed by atoms with Gasteiger partial charge in [0.05, 0.1) is 12.0 Å². The van der Waals surface area contributed by atoms with Crippen molar-refractivity contribution in [2.45, 2.75) is 12.5 Å². The second kappa shape index (κ2) is 4.23. The van der Waals surface area contributed by atoms with Crippen molar-refractivity contribution >= 4 is 17.6 Å². The lowest BCUT2D eigenvalue weighted by Gasteiger charge is -2.21. The van der Waals surface area contributed by atoms with E-state index in [1.54, 1.807) is 0 Å². The fraction of sp³-hybridized carbons (Fsp3) is 0.273. The van der Waals surface area contributed by atoms with Gasteiger partial charge in [0.2, 0.25) is 0 Å². The van der Waals surface area contributed by atoms with E-state index >= 15 is 0 Å². The largest absolute Gasteiger partial charge is 0.490 e. The first kappa shape index (κ1) is 12.8. The quantitative estimate of drug-likeness (QED) is 0.473. The lowest BCUT2D eigenvalue weighted by molar-refractivity contribution is -0.385. The second-order valence-corrected chi connectivity index (χ2v) is 4.18. The number of amides is 3. The van der Waals surface area contributed by atoms with Gasteiger partial charge in [0.1, 0.15) is 5.54 Å². The smallest absolute Gasteiger partial charge is 0.322 e. The van der Waals surface area contributed by atoms with E-state index in [1.165, 1.54) is 32.2 Å². The zero-order valence-corrected chi connectivity index (χ0v) is 10.2. The Balaban J connectivity index is 2.52. The Morgan fingerprint density at radius 2 is 2.05 bits per heavy atom. The topological polar surface area (TPSA) is 111 Å². The molecule has 0 aromatic heterocycles. The third-order valence-electron chi connectivity index (χ3n) is 3.00. The Kier molecular flexibility index (Phi) is 2.85. The summed E-state index contributed by atoms with van der Waals surface area (Å²) < 4.78 is 4.88. The number of nitrogens with one attached hydrogen (secondary N) is 2. The minimum Gasteiger partial charge on any atom is -0.490 e. The number of hydrogen-bond donors (Lipinski definition) is 2. The van der Waals surface area contributed by atoms with Crippen LogP contribution in [0.3, 0.4) is 0 Å². The molecule has 0 spiro atoms. The molecule has 2 N–H and O–H groups in total. The molecule has 1 aromatic carbocycles. The van der Waals surface area contributed by atoms with E-state index in [9.17, 15) is 19.7 Å². The Hall–Kier alpha value is -2.64. The number of nitro groups is 1. The van der Waals surface area contributed by atoms with E-state index in [0.717, 1.165) is 0 Å². The third kappa shape index (κ3) is 1.96. The summed E-state index contributed by atoms with van der Waals surface area (Å²) in [5.41, 5.74) is -1.28. The van der Waals surface area contributed by atoms with E-state index in [-0.39, 0.29) is 11.4 Å². The van der Waals surface area contributed by atoms with Crippen LogP contribution in [-0.4, -0.2) is 24.0 Å². The molecule has 1 atom stereocenters. The van der Waals surface area contributed by atoms with Crippen molar-refractivity contribution in [3.05, 3.63) is 33.9 Å². The zero-order chi connectivity index (χ0) is 14.2. The van der Waals surface area contributed by atoms with Gasteiger partial charge in [-0.1, -0.05) is 6.07 Å². The van der Waals surface area contributed by atoms with Gasteiger partial charge in [-0.2, -0.15) is 0 Å². The van der Waals surface area contributed by atoms with Crippen molar-refractivity contribution in [2.24, 2.45) is 0 Å². The lowest BCUT2D eigenvalue weighted by Crippen LogP contribution is -2.40. The molecule has 1 aromatic rings. The van der Waals surface area contributed by atoms with Crippen LogP contribution in [0.25, 0.3) is 0 Å². The van der Waals surface area contributed by atoms with Gasteiger partial charge in [-0.3, -0.25) is 20.2 Å². The molecule has 1 saturated heterocycles. The van der Waals surface area contributed by atoms with Gasteiger partial charge in [-0.05, 0) is 18.6 Å². The van der Waals surface area contributed by atoms with Gasteiger partial charge < -0.3 is 10.1 Å². The molecule has 3 amide bonds. The number of rotatable bonds is 3. The van der Waals surface area contributed by atoms with Crippen LogP contribution in [0.5, 0.6) is 5.75 Å². The van der Waals surface area contributed by atoms with Crippen molar-refractivity contribution in [3.63, 3.8) is 0 Å². The van der Waals surface area contributed by atoms with Crippen LogP contribution in [-0.2, 0) is 10.3 Å². The summed E-state index contributed by atoms with van der Waals surface area (Å²) in [6, 6.07) is 3.46. The number of methoxy groups -OCH3 is 1. The molecule has 1 heterocycles. The zero-order valence-electron chi connectivity index (χ0n) is 10.2. The molecule has 1 unspecified atom stereocenters. The van der Waals surface area contributed by atoms with Gasteiger partial charge in [-0.15, -0.1) is 0 Å². The van der Waals surface area contributed by atoms with E-state index < -0.39 is 22.4 Å². The molecule has 0 bridgehead atoms. The summed E-state index contributed by atoms with van der Waals surface area (Å²) in [5, 5.41) is 15.5. The molecule has 0 saturated carbocycles. The maximum atomic E-state index is 11.7. The highest BCUT2D eigenvalue weighted by Crippen LogP contribution is 2.33. The summed E-state index contributed by atoms with van der Waals surface area (Å²) in [5.74, 6) is -0.473. The number of carbonyl (C=O) groups is 2. The number of carbonyl (C=O) groups excluding carboxylic acids is 2. The molecule has 100 valence electrons. The first-order valence-electron chi connectivity index (χ1n) is 5.35. The lowest BCUT2D eigenvalue weighted by atomic mass is 9.92. The summed E-state index contributed by atoms with van der Waals surface area (Å²) in [6.45, 7) is 1.47. The van der Waals surface area contributed by atoms with Gasteiger partial charge in [0.25, 0.3) is 5.91 Å². The normalized spacial score (nSPS) is 21.8. The molecule has 1 fully saturated rings. The molecule has 8 heteroatoms. The van der Waals surface area contributed by atoms with Crippen molar-refractivity contribution in [3.8, 4) is 5.75 Å². The molecule has 8 nitrogen and oxygen atoms in total. The molecule has 0 radical (unpaired) electrons. The maximum Gasteiger partial charge on any atom is 0.322 e. The highest BCUT2D eigenvalue weighted by molar-refractivity contribution is 6.07. The van der Waals surface area contributed by atoms with E-state index in [4.69, 9.17) is 4.74 Å². The average Bonchev–Trinajstić information content (AvgIpc) is 2.63. The van der Waals surface area contributed by atoms with Crippen LogP contribution >= 0.6 is 0 Å². The molecular weight excluding hydrogens is 254 g/mol. The standard InChI is InChI=1S/C11H11N3O5/c1-11(9(15)12-10(16)13-11)6-3-4-8(19-2)7(5-6)14(17)18/h3-5H,1-2H3,(H2,12,13,15,16). The van der Waals surface area contributed by atoms with Gasteiger partial charge in [0.15, 0.2) is 5.75 Å². The van der Waals surface area contributed by atoms with E-state index in [1.807, 2.05) is 0 Å². The minimum atomic E-state index is -1.33. The van der Waals surface area contributed by atoms with Gasteiger partial charge in [0, 0.05) is 6.07 Å². The SMILES string of the molecule is COc1ccc(C2(C)NC(=O)NC2=O)cc1[N+](=O)[O-]. The molecule has 1 aliphatic heterocycles. The Morgan fingerprint density at radius 1 is 1.37 bits per heavy atom. The van der Waals surface area contributed by atoms with Crippen molar-refractivity contribution in [1.82, 2.24) is 10.6 Å². The summed E-state index contributed by atoms with van der Waals surface area (Å²) in [4.78, 5) is 33.3. The number of hydrogen-bond acceptors (Lipinski definition) is 5. The van der Waals surface area contributed by atoms with Crippen LogP contribution in [0.4, 0.5) is 10.5 Å². The molecule has 1 aliphatic rings. The number of nitrogens with zero attached hydrogens (tertiary/aromatic N) is 1. The number of ether oxygens (including phenoxy) is 1. The molecule has 0 aliphatic carbocycles. The molecular formula is C11H11N3O5. The predicted octanol–water partition coefficient (Wildman–Crippen LogP) is 0.658. The Labute approximate surface area is 107 Å². The summed E-state index contributed by atoms with van der Waals surface area (Å²) in [6.07, 6.45) is 0. The van der Waals surface area contributed by atoms with E-state index in [0.29, 0.717) is 5.56 Å². The van der Waals surface area contributed by atoms with Gasteiger partial charge in [-0.25, -0.2) is 4.79 Å². The minimum absolute atomic E-state index is 0.0853. The monoisotopic (exact) mass is 265 g/mol. The predicted molar refractivity (Wildman–Crippen MR) is 63.7 cm³/mol. The van der Waals surface area contributed by atoms with Gasteiger partial charge >= 0.3 is 11.7 Å². The average molecular weight is 265 g/mol. The Morgan fingerprint density at radius 3 is 2.53 bits per heavy atom. The third-order valence-corrected chi connectivity index (χ3v) is 3.00. The van der Waals surface area contributed by atoms with E-state index in [2.05, 4.69) is 10.6 Å². The number of imide groups is 1. The van der Waals surface area contributed by atoms with Crippen LogP contribution in [0.2, 0.25) is 0 Å². The molecule has 19 heavy (non-hydrogen) atoms. The van der Waals surface area contributed by atoms with Crippen LogP contribution in [0.15, 0.2) is 18.2 Å². The summed E-state index contributed by atoms with van der Waals surface area (Å²) >= 11 is 0. The van der Waals surface area contributed by atoms with Crippen molar-refractivity contribution in [2.75, 3.05) is 7.11 Å². The fourth-order valence-electron chi connectivity index (χ4n) is 1.89. The van der Waals surface area contributed by atoms with Crippen LogP contribution in [0, 0.1) is 10.1 Å². The van der Waals surface area contributed by atoms with Crippen molar-refractivity contribution < 1.29 is 19.2 Å². The van der Waals surface area contributed by atoms with Crippen LogP contribution in [0.1, 0.15) is 12.5 Å². The number of urea groups is 1. The second-order valence-electron chi connectivity index (χ2n) is 4.18. The first-order chi connectivity index (χ1) is 8.88. The highest BCUT2D eigenvalue weighted by atomic mass is 16.6. The maximum absolute atomic E-state index is 11.7. The molecule has 2 rings (SSSR count). The van der Waals surface area contributed by atoms with Crippen LogP contribution < -0.4 is 15.4 Å². The Bertz CT molecular complexity index is 586. The fourth-order valence-corrected chi connectivity index (χ4v) is 1.89.